The highest BCUT2D eigenvalue weighted by Gasteiger charge is 2.13. The molecule has 0 saturated heterocycles. The van der Waals surface area contributed by atoms with Crippen molar-refractivity contribution < 1.29 is 4.79 Å². The van der Waals surface area contributed by atoms with Gasteiger partial charge in [0.1, 0.15) is 0 Å². The van der Waals surface area contributed by atoms with Gasteiger partial charge in [-0.2, -0.15) is 0 Å². The number of hydrogen-bond donors (Lipinski definition) is 1. The van der Waals surface area contributed by atoms with E-state index in [0.29, 0.717) is 22.0 Å². The Hall–Kier alpha value is -1.82. The topological polar surface area (TPSA) is 64.0 Å². The lowest BCUT2D eigenvalue weighted by atomic mass is 10.1. The molecule has 1 heterocycles. The average molecular weight is 319 g/mol. The Bertz CT molecular complexity index is 740. The van der Waals surface area contributed by atoms with Gasteiger partial charge in [-0.25, -0.2) is 4.98 Å². The summed E-state index contributed by atoms with van der Waals surface area (Å²) in [5.74, 6) is 0.584. The van der Waals surface area contributed by atoms with E-state index in [-0.39, 0.29) is 23.3 Å². The summed E-state index contributed by atoms with van der Waals surface area (Å²) in [6.45, 7) is 6.11. The molecule has 1 N–H and O–H groups in total. The molecule has 22 heavy (non-hydrogen) atoms. The second-order valence-corrected chi connectivity index (χ2v) is 6.61. The van der Waals surface area contributed by atoms with Crippen LogP contribution in [0.1, 0.15) is 20.8 Å². The van der Waals surface area contributed by atoms with Crippen LogP contribution in [0.4, 0.5) is 0 Å². The van der Waals surface area contributed by atoms with Crippen molar-refractivity contribution in [3.63, 3.8) is 0 Å². The second-order valence-electron chi connectivity index (χ2n) is 5.66. The molecule has 1 aromatic heterocycles. The van der Waals surface area contributed by atoms with Gasteiger partial charge in [0.05, 0.1) is 16.7 Å². The number of fused-ring (bicyclic) bond motifs is 1. The minimum atomic E-state index is -0.0935. The molecule has 0 saturated carbocycles. The largest absolute Gasteiger partial charge is 0.353 e. The number of aromatic nitrogens is 2. The van der Waals surface area contributed by atoms with Crippen molar-refractivity contribution in [1.29, 1.82) is 0 Å². The molecule has 6 heteroatoms. The van der Waals surface area contributed by atoms with Gasteiger partial charge < -0.3 is 5.32 Å². The maximum absolute atomic E-state index is 12.3. The van der Waals surface area contributed by atoms with E-state index >= 15 is 0 Å². The standard InChI is InChI=1S/C16H21N3O2S/c1-10(2)11(3)17-14(20)9-22-16-18-13-8-6-5-7-12(13)15(21)19(16)4/h5-8,10-11H,9H2,1-4H3,(H,17,20). The highest BCUT2D eigenvalue weighted by atomic mass is 32.2. The molecular weight excluding hydrogens is 298 g/mol. The molecule has 2 aromatic rings. The number of benzene rings is 1. The minimum absolute atomic E-state index is 0.0476. The molecule has 0 spiro atoms. The number of para-hydroxylation sites is 1. The summed E-state index contributed by atoms with van der Waals surface area (Å²) < 4.78 is 1.49. The van der Waals surface area contributed by atoms with Crippen LogP contribution in [0.5, 0.6) is 0 Å². The smallest absolute Gasteiger partial charge is 0.261 e. The van der Waals surface area contributed by atoms with Gasteiger partial charge in [0.15, 0.2) is 5.16 Å². The van der Waals surface area contributed by atoms with Crippen molar-refractivity contribution in [2.75, 3.05) is 5.75 Å². The lowest BCUT2D eigenvalue weighted by Gasteiger charge is -2.17. The van der Waals surface area contributed by atoms with Crippen LogP contribution in [0.25, 0.3) is 10.9 Å². The molecule has 1 atom stereocenters. The lowest BCUT2D eigenvalue weighted by Crippen LogP contribution is -2.37. The molecule has 0 aliphatic rings. The molecule has 0 aliphatic carbocycles. The summed E-state index contributed by atoms with van der Waals surface area (Å²) in [5.41, 5.74) is 0.563. The highest BCUT2D eigenvalue weighted by molar-refractivity contribution is 7.99. The number of carbonyl (C=O) groups excluding carboxylic acids is 1. The number of carbonyl (C=O) groups is 1. The van der Waals surface area contributed by atoms with Crippen molar-refractivity contribution in [2.45, 2.75) is 32.0 Å². The summed E-state index contributed by atoms with van der Waals surface area (Å²) in [7, 11) is 1.68. The molecule has 0 radical (unpaired) electrons. The van der Waals surface area contributed by atoms with Crippen LogP contribution < -0.4 is 10.9 Å². The fourth-order valence-electron chi connectivity index (χ4n) is 1.92. The Balaban J connectivity index is 2.14. The summed E-state index contributed by atoms with van der Waals surface area (Å²) >= 11 is 1.28. The number of thioether (sulfide) groups is 1. The first-order valence-corrected chi connectivity index (χ1v) is 8.26. The highest BCUT2D eigenvalue weighted by Crippen LogP contribution is 2.16. The molecule has 118 valence electrons. The van der Waals surface area contributed by atoms with E-state index in [2.05, 4.69) is 24.1 Å². The van der Waals surface area contributed by atoms with Gasteiger partial charge in [0.2, 0.25) is 5.91 Å². The maximum Gasteiger partial charge on any atom is 0.261 e. The first-order valence-electron chi connectivity index (χ1n) is 7.28. The Morgan fingerprint density at radius 2 is 2.00 bits per heavy atom. The first kappa shape index (κ1) is 16.5. The fraction of sp³-hybridized carbons (Fsp3) is 0.438. The Morgan fingerprint density at radius 1 is 1.32 bits per heavy atom. The van der Waals surface area contributed by atoms with Crippen LogP contribution in [-0.2, 0) is 11.8 Å². The maximum atomic E-state index is 12.3. The van der Waals surface area contributed by atoms with Gasteiger partial charge in [0.25, 0.3) is 5.56 Å². The summed E-state index contributed by atoms with van der Waals surface area (Å²) in [6, 6.07) is 7.36. The van der Waals surface area contributed by atoms with Gasteiger partial charge in [-0.05, 0) is 25.0 Å². The Labute approximate surface area is 134 Å². The van der Waals surface area contributed by atoms with E-state index in [0.717, 1.165) is 0 Å². The zero-order valence-electron chi connectivity index (χ0n) is 13.3. The van der Waals surface area contributed by atoms with Crippen LogP contribution in [0, 0.1) is 5.92 Å². The van der Waals surface area contributed by atoms with E-state index in [1.165, 1.54) is 16.3 Å². The number of amides is 1. The van der Waals surface area contributed by atoms with Gasteiger partial charge in [-0.15, -0.1) is 0 Å². The summed E-state index contributed by atoms with van der Waals surface area (Å²) in [6.07, 6.45) is 0. The lowest BCUT2D eigenvalue weighted by molar-refractivity contribution is -0.119. The molecule has 0 fully saturated rings. The zero-order valence-corrected chi connectivity index (χ0v) is 14.1. The molecule has 1 unspecified atom stereocenters. The van der Waals surface area contributed by atoms with Crippen molar-refractivity contribution in [3.8, 4) is 0 Å². The van der Waals surface area contributed by atoms with Gasteiger partial charge >= 0.3 is 0 Å². The number of nitrogens with zero attached hydrogens (tertiary/aromatic N) is 2. The van der Waals surface area contributed by atoms with Crippen LogP contribution in [0.3, 0.4) is 0 Å². The monoisotopic (exact) mass is 319 g/mol. The third-order valence-corrected chi connectivity index (χ3v) is 4.69. The minimum Gasteiger partial charge on any atom is -0.353 e. The molecule has 0 bridgehead atoms. The van der Waals surface area contributed by atoms with E-state index in [1.54, 1.807) is 13.1 Å². The van der Waals surface area contributed by atoms with Gasteiger partial charge in [-0.1, -0.05) is 37.7 Å². The summed E-state index contributed by atoms with van der Waals surface area (Å²) in [4.78, 5) is 28.7. The molecule has 1 amide bonds. The van der Waals surface area contributed by atoms with Crippen LogP contribution >= 0.6 is 11.8 Å². The third-order valence-electron chi connectivity index (χ3n) is 3.66. The number of nitrogens with one attached hydrogen (secondary N) is 1. The van der Waals surface area contributed by atoms with E-state index < -0.39 is 0 Å². The van der Waals surface area contributed by atoms with E-state index in [1.807, 2.05) is 25.1 Å². The fourth-order valence-corrected chi connectivity index (χ4v) is 2.70. The number of rotatable bonds is 5. The van der Waals surface area contributed by atoms with Crippen molar-refractivity contribution in [2.24, 2.45) is 13.0 Å². The SMILES string of the molecule is CC(C)C(C)NC(=O)CSc1nc2ccccc2c(=O)n1C. The van der Waals surface area contributed by atoms with Crippen molar-refractivity contribution in [1.82, 2.24) is 14.9 Å². The van der Waals surface area contributed by atoms with Crippen molar-refractivity contribution >= 4 is 28.6 Å². The summed E-state index contributed by atoms with van der Waals surface area (Å²) in [5, 5.41) is 4.09. The average Bonchev–Trinajstić information content (AvgIpc) is 2.49. The van der Waals surface area contributed by atoms with Crippen molar-refractivity contribution in [3.05, 3.63) is 34.6 Å². The van der Waals surface area contributed by atoms with Gasteiger partial charge in [0, 0.05) is 13.1 Å². The second kappa shape index (κ2) is 6.96. The quantitative estimate of drug-likeness (QED) is 0.678. The molecule has 0 aliphatic heterocycles. The Morgan fingerprint density at radius 3 is 2.68 bits per heavy atom. The van der Waals surface area contributed by atoms with Crippen LogP contribution in [0.15, 0.2) is 34.2 Å². The predicted molar refractivity (Wildman–Crippen MR) is 90.2 cm³/mol. The zero-order chi connectivity index (χ0) is 16.3. The molecular formula is C16H21N3O2S. The van der Waals surface area contributed by atoms with E-state index in [4.69, 9.17) is 0 Å². The third kappa shape index (κ3) is 3.68. The molecule has 2 rings (SSSR count). The molecule has 1 aromatic carbocycles. The normalized spacial score (nSPS) is 12.6. The first-order chi connectivity index (χ1) is 10.4. The van der Waals surface area contributed by atoms with E-state index in [9.17, 15) is 9.59 Å². The van der Waals surface area contributed by atoms with Crippen LogP contribution in [-0.4, -0.2) is 27.3 Å². The number of hydrogen-bond acceptors (Lipinski definition) is 4. The molecule has 5 nitrogen and oxygen atoms in total. The Kier molecular flexibility index (Phi) is 5.24. The predicted octanol–water partition coefficient (Wildman–Crippen LogP) is 2.19. The van der Waals surface area contributed by atoms with Crippen LogP contribution in [0.2, 0.25) is 0 Å². The van der Waals surface area contributed by atoms with Gasteiger partial charge in [-0.3, -0.25) is 14.2 Å².